The molecule has 0 saturated carbocycles. The molecule has 6 nitrogen and oxygen atoms in total. The van der Waals surface area contributed by atoms with Gasteiger partial charge in [0.25, 0.3) is 0 Å². The van der Waals surface area contributed by atoms with Crippen LogP contribution < -0.4 is 0 Å². The maximum absolute atomic E-state index is 6.67. The number of rotatable bonds is 7. The van der Waals surface area contributed by atoms with E-state index in [-0.39, 0.29) is 0 Å². The predicted molar refractivity (Wildman–Crippen MR) is 238 cm³/mol. The monoisotopic (exact) mass is 746 g/mol. The number of furan rings is 2. The molecule has 0 fully saturated rings. The number of hydrogen-bond donors (Lipinski definition) is 0. The summed E-state index contributed by atoms with van der Waals surface area (Å²) in [5.74, 6) is 1.64. The zero-order valence-electron chi connectivity index (χ0n) is 31.6. The molecule has 274 valence electrons. The predicted octanol–water partition coefficient (Wildman–Crippen LogP) is 13.9. The van der Waals surface area contributed by atoms with E-state index in [4.69, 9.17) is 23.8 Å². The largest absolute Gasteiger partial charge is 0.456 e. The van der Waals surface area contributed by atoms with Crippen molar-refractivity contribution in [2.75, 3.05) is 0 Å². The van der Waals surface area contributed by atoms with E-state index in [1.165, 1.54) is 5.39 Å². The second-order valence-corrected chi connectivity index (χ2v) is 14.4. The molecule has 58 heavy (non-hydrogen) atoms. The van der Waals surface area contributed by atoms with Gasteiger partial charge < -0.3 is 13.4 Å². The minimum atomic E-state index is 0.539. The third-order valence-corrected chi connectivity index (χ3v) is 11.0. The molecule has 4 aromatic heterocycles. The summed E-state index contributed by atoms with van der Waals surface area (Å²) in [7, 11) is 0. The van der Waals surface area contributed by atoms with Crippen LogP contribution in [0.4, 0.5) is 0 Å². The summed E-state index contributed by atoms with van der Waals surface area (Å²) < 4.78 is 15.3. The van der Waals surface area contributed by atoms with Crippen LogP contribution in [0.25, 0.3) is 111 Å². The number of fused-ring (bicyclic) bond motifs is 9. The highest BCUT2D eigenvalue weighted by Crippen LogP contribution is 2.40. The molecule has 0 spiro atoms. The number of para-hydroxylation sites is 3. The fourth-order valence-electron chi connectivity index (χ4n) is 8.18. The van der Waals surface area contributed by atoms with Crippen molar-refractivity contribution in [3.05, 3.63) is 188 Å². The summed E-state index contributed by atoms with van der Waals surface area (Å²) in [4.78, 5) is 15.3. The van der Waals surface area contributed by atoms with Crippen molar-refractivity contribution in [2.24, 2.45) is 0 Å². The molecule has 0 amide bonds. The molecule has 0 aliphatic carbocycles. The Hall–Kier alpha value is -7.83. The summed E-state index contributed by atoms with van der Waals surface area (Å²) in [6.45, 7) is 6.06. The summed E-state index contributed by atoms with van der Waals surface area (Å²) in [6, 6.07) is 52.2. The first-order chi connectivity index (χ1) is 28.6. The van der Waals surface area contributed by atoms with Gasteiger partial charge in [0.05, 0.1) is 11.0 Å². The summed E-state index contributed by atoms with van der Waals surface area (Å²) in [6.07, 6.45) is 7.92. The Morgan fingerprint density at radius 1 is 0.500 bits per heavy atom. The van der Waals surface area contributed by atoms with Crippen LogP contribution in [-0.4, -0.2) is 19.5 Å². The van der Waals surface area contributed by atoms with Gasteiger partial charge in [-0.05, 0) is 84.8 Å². The number of aromatic nitrogens is 4. The van der Waals surface area contributed by atoms with Gasteiger partial charge in [-0.2, -0.15) is 0 Å². The molecular weight excluding hydrogens is 713 g/mol. The van der Waals surface area contributed by atoms with Crippen molar-refractivity contribution < 1.29 is 8.83 Å². The van der Waals surface area contributed by atoms with Crippen molar-refractivity contribution in [3.63, 3.8) is 0 Å². The lowest BCUT2D eigenvalue weighted by molar-refractivity contribution is 0.669. The van der Waals surface area contributed by atoms with Gasteiger partial charge in [-0.25, -0.2) is 15.0 Å². The average Bonchev–Trinajstić information content (AvgIpc) is 3.94. The molecule has 0 saturated heterocycles. The van der Waals surface area contributed by atoms with Gasteiger partial charge in [0.15, 0.2) is 17.5 Å². The van der Waals surface area contributed by atoms with E-state index >= 15 is 0 Å². The van der Waals surface area contributed by atoms with Crippen molar-refractivity contribution in [3.8, 4) is 39.9 Å². The van der Waals surface area contributed by atoms with Crippen LogP contribution in [-0.2, 0) is 0 Å². The van der Waals surface area contributed by atoms with Crippen LogP contribution in [0.15, 0.2) is 191 Å². The topological polar surface area (TPSA) is 69.9 Å². The Morgan fingerprint density at radius 3 is 1.83 bits per heavy atom. The van der Waals surface area contributed by atoms with Gasteiger partial charge in [0.1, 0.15) is 22.3 Å². The number of benzene rings is 7. The number of allylic oxidation sites excluding steroid dienone is 5. The Morgan fingerprint density at radius 2 is 1.10 bits per heavy atom. The molecule has 11 aromatic rings. The lowest BCUT2D eigenvalue weighted by Crippen LogP contribution is -2.00. The molecule has 0 bridgehead atoms. The van der Waals surface area contributed by atoms with E-state index in [2.05, 4.69) is 114 Å². The van der Waals surface area contributed by atoms with E-state index in [1.807, 2.05) is 79.8 Å². The first-order valence-electron chi connectivity index (χ1n) is 19.3. The van der Waals surface area contributed by atoms with Crippen LogP contribution in [0.1, 0.15) is 12.5 Å². The van der Waals surface area contributed by atoms with Crippen molar-refractivity contribution in [1.82, 2.24) is 19.5 Å². The second-order valence-electron chi connectivity index (χ2n) is 14.4. The lowest BCUT2D eigenvalue weighted by atomic mass is 10.0. The van der Waals surface area contributed by atoms with Crippen LogP contribution in [0, 0.1) is 0 Å². The maximum atomic E-state index is 6.67. The quantitative estimate of drug-likeness (QED) is 0.152. The highest BCUT2D eigenvalue weighted by Gasteiger charge is 2.19. The fourth-order valence-corrected chi connectivity index (χ4v) is 8.18. The maximum Gasteiger partial charge on any atom is 0.164 e. The third kappa shape index (κ3) is 5.46. The van der Waals surface area contributed by atoms with E-state index in [1.54, 1.807) is 0 Å². The molecule has 7 aromatic carbocycles. The zero-order chi connectivity index (χ0) is 38.7. The Kier molecular flexibility index (Phi) is 7.76. The van der Waals surface area contributed by atoms with Crippen LogP contribution in [0.5, 0.6) is 0 Å². The Labute approximate surface area is 333 Å². The van der Waals surface area contributed by atoms with Gasteiger partial charge in [-0.15, -0.1) is 0 Å². The Balaban J connectivity index is 1.09. The summed E-state index contributed by atoms with van der Waals surface area (Å²) >= 11 is 0. The third-order valence-electron chi connectivity index (χ3n) is 11.0. The van der Waals surface area contributed by atoms with Crippen molar-refractivity contribution in [1.29, 1.82) is 0 Å². The first-order valence-corrected chi connectivity index (χ1v) is 19.3. The van der Waals surface area contributed by atoms with Crippen LogP contribution >= 0.6 is 0 Å². The molecule has 0 aliphatic rings. The van der Waals surface area contributed by atoms with Gasteiger partial charge in [-0.3, -0.25) is 0 Å². The van der Waals surface area contributed by atoms with E-state index in [9.17, 15) is 0 Å². The zero-order valence-corrected chi connectivity index (χ0v) is 31.6. The first kappa shape index (κ1) is 33.5. The molecule has 11 rings (SSSR count). The minimum absolute atomic E-state index is 0.539. The molecule has 0 N–H and O–H groups in total. The van der Waals surface area contributed by atoms with E-state index in [0.29, 0.717) is 17.5 Å². The van der Waals surface area contributed by atoms with Crippen molar-refractivity contribution in [2.45, 2.75) is 6.92 Å². The molecule has 0 unspecified atom stereocenters. The molecule has 0 atom stereocenters. The van der Waals surface area contributed by atoms with Crippen LogP contribution in [0.3, 0.4) is 0 Å². The normalized spacial score (nSPS) is 12.3. The van der Waals surface area contributed by atoms with E-state index < -0.39 is 0 Å². The highest BCUT2D eigenvalue weighted by atomic mass is 16.3. The number of hydrogen-bond acceptors (Lipinski definition) is 5. The van der Waals surface area contributed by atoms with Crippen LogP contribution in [0.2, 0.25) is 0 Å². The standard InChI is InChI=1S/C52H34N4O2/c1-3-5-14-32(4-2)33-15-13-16-34(27-33)50-53-51(35-23-25-40-39-20-10-12-22-46(39)57-47(40)28-35)55-52(54-50)36-24-26-41-43-30-45-42(31-49(43)58-48(41)29-36)38-19-9-11-21-44(38)56(45)37-17-7-6-8-18-37/h3-31H,2H2,1H3/b5-3-,32-14+. The fraction of sp³-hybridized carbons (Fsp3) is 0.0192. The highest BCUT2D eigenvalue weighted by molar-refractivity contribution is 6.17. The number of nitrogens with zero attached hydrogens (tertiary/aromatic N) is 4. The van der Waals surface area contributed by atoms with Gasteiger partial charge in [0.2, 0.25) is 0 Å². The lowest BCUT2D eigenvalue weighted by Gasteiger charge is -2.10. The van der Waals surface area contributed by atoms with Gasteiger partial charge in [-0.1, -0.05) is 116 Å². The molecule has 0 radical (unpaired) electrons. The average molecular weight is 747 g/mol. The SMILES string of the molecule is C=C/C(=C\C=C/C)c1cccc(-c2nc(-c3ccc4c(c3)oc3ccccc34)nc(-c3ccc4c(c3)oc3cc5c6ccccc6n(-c6ccccc6)c5cc34)n2)c1. The van der Waals surface area contributed by atoms with E-state index in [0.717, 1.165) is 93.8 Å². The summed E-state index contributed by atoms with van der Waals surface area (Å²) in [5, 5.41) is 6.50. The molecule has 0 aliphatic heterocycles. The van der Waals surface area contributed by atoms with Gasteiger partial charge >= 0.3 is 0 Å². The molecule has 4 heterocycles. The summed E-state index contributed by atoms with van der Waals surface area (Å²) in [5.41, 5.74) is 11.1. The smallest absolute Gasteiger partial charge is 0.164 e. The molecular formula is C52H34N4O2. The van der Waals surface area contributed by atoms with Crippen molar-refractivity contribution >= 4 is 71.3 Å². The van der Waals surface area contributed by atoms with Gasteiger partial charge in [0, 0.05) is 54.7 Å². The second kappa shape index (κ2) is 13.4. The Bertz CT molecular complexity index is 3490. The molecule has 6 heteroatoms. The minimum Gasteiger partial charge on any atom is -0.456 e.